The normalized spacial score (nSPS) is 22.1. The number of aliphatic carboxylic acids is 1. The molecule has 2 aliphatic rings. The molecule has 2 saturated carbocycles. The van der Waals surface area contributed by atoms with E-state index in [9.17, 15) is 9.59 Å². The van der Waals surface area contributed by atoms with Gasteiger partial charge in [0.2, 0.25) is 5.91 Å². The van der Waals surface area contributed by atoms with Gasteiger partial charge in [0.1, 0.15) is 6.54 Å². The number of carboxylic acids is 1. The van der Waals surface area contributed by atoms with Crippen LogP contribution in [0, 0.1) is 5.41 Å². The minimum Gasteiger partial charge on any atom is -0.480 e. The molecule has 0 aromatic carbocycles. The van der Waals surface area contributed by atoms with Crippen molar-refractivity contribution in [3.05, 3.63) is 0 Å². The summed E-state index contributed by atoms with van der Waals surface area (Å²) in [6.07, 6.45) is 9.97. The van der Waals surface area contributed by atoms with E-state index in [-0.39, 0.29) is 23.9 Å². The predicted octanol–water partition coefficient (Wildman–Crippen LogP) is 2.14. The van der Waals surface area contributed by atoms with Crippen molar-refractivity contribution in [2.24, 2.45) is 11.1 Å². The number of hydrogen-bond acceptors (Lipinski definition) is 3. The van der Waals surface area contributed by atoms with Crippen molar-refractivity contribution in [3.8, 4) is 0 Å². The molecule has 3 N–H and O–H groups in total. The number of nitrogens with zero attached hydrogens (tertiary/aromatic N) is 1. The van der Waals surface area contributed by atoms with Crippen molar-refractivity contribution >= 4 is 11.9 Å². The molecule has 120 valence electrons. The second-order valence-corrected chi connectivity index (χ2v) is 6.80. The SMILES string of the molecule is NCC1(CC(=O)N(CC(=O)O)C2CCCC2)CCCCC1. The maximum atomic E-state index is 12.7. The van der Waals surface area contributed by atoms with E-state index in [2.05, 4.69) is 0 Å². The Morgan fingerprint density at radius 2 is 1.71 bits per heavy atom. The lowest BCUT2D eigenvalue weighted by Crippen LogP contribution is -2.46. The molecule has 2 fully saturated rings. The smallest absolute Gasteiger partial charge is 0.323 e. The molecule has 0 aromatic rings. The first-order chi connectivity index (χ1) is 10.1. The van der Waals surface area contributed by atoms with E-state index >= 15 is 0 Å². The van der Waals surface area contributed by atoms with Crippen LogP contribution in [0.15, 0.2) is 0 Å². The summed E-state index contributed by atoms with van der Waals surface area (Å²) < 4.78 is 0. The quantitative estimate of drug-likeness (QED) is 0.786. The van der Waals surface area contributed by atoms with Crippen LogP contribution in [0.2, 0.25) is 0 Å². The van der Waals surface area contributed by atoms with Crippen LogP contribution in [0.1, 0.15) is 64.2 Å². The zero-order valence-electron chi connectivity index (χ0n) is 12.9. The van der Waals surface area contributed by atoms with Crippen LogP contribution in [0.4, 0.5) is 0 Å². The summed E-state index contributed by atoms with van der Waals surface area (Å²) in [4.78, 5) is 25.4. The molecule has 21 heavy (non-hydrogen) atoms. The molecule has 1 amide bonds. The topological polar surface area (TPSA) is 83.6 Å². The summed E-state index contributed by atoms with van der Waals surface area (Å²) in [6, 6.07) is 0.118. The van der Waals surface area contributed by atoms with Gasteiger partial charge in [-0.05, 0) is 37.6 Å². The van der Waals surface area contributed by atoms with Gasteiger partial charge in [-0.1, -0.05) is 32.1 Å². The molecule has 2 rings (SSSR count). The van der Waals surface area contributed by atoms with Crippen molar-refractivity contribution in [1.29, 1.82) is 0 Å². The summed E-state index contributed by atoms with van der Waals surface area (Å²) >= 11 is 0. The molecule has 0 atom stereocenters. The van der Waals surface area contributed by atoms with Crippen molar-refractivity contribution in [2.75, 3.05) is 13.1 Å². The zero-order chi connectivity index (χ0) is 15.3. The van der Waals surface area contributed by atoms with E-state index in [0.717, 1.165) is 51.4 Å². The fraction of sp³-hybridized carbons (Fsp3) is 0.875. The summed E-state index contributed by atoms with van der Waals surface area (Å²) in [7, 11) is 0. The minimum absolute atomic E-state index is 0.00310. The standard InChI is InChI=1S/C16H28N2O3/c17-12-16(8-4-1-5-9-16)10-14(19)18(11-15(20)21)13-6-2-3-7-13/h13H,1-12,17H2,(H,20,21). The van der Waals surface area contributed by atoms with Gasteiger partial charge in [-0.15, -0.1) is 0 Å². The molecule has 0 bridgehead atoms. The Hall–Kier alpha value is -1.10. The van der Waals surface area contributed by atoms with Crippen molar-refractivity contribution in [3.63, 3.8) is 0 Å². The van der Waals surface area contributed by atoms with Gasteiger partial charge < -0.3 is 15.7 Å². The molecule has 0 unspecified atom stereocenters. The fourth-order valence-corrected chi connectivity index (χ4v) is 3.96. The maximum absolute atomic E-state index is 12.7. The summed E-state index contributed by atoms with van der Waals surface area (Å²) in [5.74, 6) is -0.919. The number of carbonyl (C=O) groups is 2. The van der Waals surface area contributed by atoms with Gasteiger partial charge in [-0.3, -0.25) is 9.59 Å². The lowest BCUT2D eigenvalue weighted by atomic mass is 9.71. The summed E-state index contributed by atoms with van der Waals surface area (Å²) in [5.41, 5.74) is 5.86. The molecule has 5 heteroatoms. The van der Waals surface area contributed by atoms with E-state index in [4.69, 9.17) is 10.8 Å². The first-order valence-corrected chi connectivity index (χ1v) is 8.28. The summed E-state index contributed by atoms with van der Waals surface area (Å²) in [5, 5.41) is 9.10. The Balaban J connectivity index is 2.04. The van der Waals surface area contributed by atoms with Crippen LogP contribution in [-0.4, -0.2) is 41.0 Å². The molecular formula is C16H28N2O3. The van der Waals surface area contributed by atoms with Gasteiger partial charge in [0, 0.05) is 12.5 Å². The molecule has 2 aliphatic carbocycles. The van der Waals surface area contributed by atoms with Gasteiger partial charge >= 0.3 is 5.97 Å². The second-order valence-electron chi connectivity index (χ2n) is 6.80. The van der Waals surface area contributed by atoms with E-state index in [0.29, 0.717) is 13.0 Å². The third-order valence-corrected chi connectivity index (χ3v) is 5.26. The van der Waals surface area contributed by atoms with Crippen LogP contribution < -0.4 is 5.73 Å². The van der Waals surface area contributed by atoms with Crippen molar-refractivity contribution in [2.45, 2.75) is 70.3 Å². The Labute approximate surface area is 126 Å². The number of carbonyl (C=O) groups excluding carboxylic acids is 1. The van der Waals surface area contributed by atoms with E-state index in [1.54, 1.807) is 4.90 Å². The Kier molecular flexibility index (Phi) is 5.62. The average molecular weight is 296 g/mol. The second kappa shape index (κ2) is 7.25. The molecular weight excluding hydrogens is 268 g/mol. The van der Waals surface area contributed by atoms with E-state index in [1.165, 1.54) is 6.42 Å². The molecule has 0 spiro atoms. The average Bonchev–Trinajstić information content (AvgIpc) is 2.99. The lowest BCUT2D eigenvalue weighted by Gasteiger charge is -2.38. The molecule has 0 aliphatic heterocycles. The predicted molar refractivity (Wildman–Crippen MR) is 80.8 cm³/mol. The molecule has 0 radical (unpaired) electrons. The number of amides is 1. The van der Waals surface area contributed by atoms with Crippen LogP contribution in [0.3, 0.4) is 0 Å². The third kappa shape index (κ3) is 4.19. The highest BCUT2D eigenvalue weighted by molar-refractivity contribution is 5.82. The number of rotatable bonds is 6. The highest BCUT2D eigenvalue weighted by atomic mass is 16.4. The van der Waals surface area contributed by atoms with Crippen LogP contribution in [0.5, 0.6) is 0 Å². The molecule has 0 saturated heterocycles. The highest BCUT2D eigenvalue weighted by Crippen LogP contribution is 2.39. The van der Waals surface area contributed by atoms with Gasteiger partial charge in [0.15, 0.2) is 0 Å². The van der Waals surface area contributed by atoms with Gasteiger partial charge in [-0.2, -0.15) is 0 Å². The molecule has 5 nitrogen and oxygen atoms in total. The maximum Gasteiger partial charge on any atom is 0.323 e. The first-order valence-electron chi connectivity index (χ1n) is 8.28. The van der Waals surface area contributed by atoms with Gasteiger partial charge in [-0.25, -0.2) is 0 Å². The largest absolute Gasteiger partial charge is 0.480 e. The monoisotopic (exact) mass is 296 g/mol. The van der Waals surface area contributed by atoms with Crippen molar-refractivity contribution < 1.29 is 14.7 Å². The van der Waals surface area contributed by atoms with Crippen LogP contribution in [0.25, 0.3) is 0 Å². The highest BCUT2D eigenvalue weighted by Gasteiger charge is 2.37. The fourth-order valence-electron chi connectivity index (χ4n) is 3.96. The first kappa shape index (κ1) is 16.3. The van der Waals surface area contributed by atoms with Gasteiger partial charge in [0.05, 0.1) is 0 Å². The lowest BCUT2D eigenvalue weighted by molar-refractivity contribution is -0.147. The Bertz CT molecular complexity index is 372. The van der Waals surface area contributed by atoms with E-state index < -0.39 is 5.97 Å². The van der Waals surface area contributed by atoms with Crippen LogP contribution >= 0.6 is 0 Å². The summed E-state index contributed by atoms with van der Waals surface area (Å²) in [6.45, 7) is 0.370. The Morgan fingerprint density at radius 1 is 1.10 bits per heavy atom. The number of hydrogen-bond donors (Lipinski definition) is 2. The van der Waals surface area contributed by atoms with Crippen molar-refractivity contribution in [1.82, 2.24) is 4.90 Å². The Morgan fingerprint density at radius 3 is 2.24 bits per heavy atom. The van der Waals surface area contributed by atoms with Crippen LogP contribution in [-0.2, 0) is 9.59 Å². The number of nitrogens with two attached hydrogens (primary N) is 1. The molecule has 0 heterocycles. The number of carboxylic acid groups (broad SMARTS) is 1. The van der Waals surface area contributed by atoms with Gasteiger partial charge in [0.25, 0.3) is 0 Å². The minimum atomic E-state index is -0.916. The molecule has 0 aromatic heterocycles. The zero-order valence-corrected chi connectivity index (χ0v) is 12.9. The third-order valence-electron chi connectivity index (χ3n) is 5.26. The van der Waals surface area contributed by atoms with E-state index in [1.807, 2.05) is 0 Å².